The summed E-state index contributed by atoms with van der Waals surface area (Å²) in [6, 6.07) is 15.0. The van der Waals surface area contributed by atoms with Gasteiger partial charge in [-0.3, -0.25) is 14.9 Å². The van der Waals surface area contributed by atoms with Gasteiger partial charge in [0, 0.05) is 47.8 Å². The Hall–Kier alpha value is -2.36. The zero-order valence-electron chi connectivity index (χ0n) is 19.5. The summed E-state index contributed by atoms with van der Waals surface area (Å²) in [5.41, 5.74) is 0.713. The van der Waals surface area contributed by atoms with Crippen LogP contribution in [0.15, 0.2) is 48.5 Å². The molecule has 0 spiro atoms. The Bertz CT molecular complexity index is 1030. The Labute approximate surface area is 215 Å². The zero-order chi connectivity index (χ0) is 25.0. The van der Waals surface area contributed by atoms with Crippen molar-refractivity contribution in [2.24, 2.45) is 5.92 Å². The Morgan fingerprint density at radius 2 is 1.80 bits per heavy atom. The number of nitrogens with zero attached hydrogens (tertiary/aromatic N) is 2. The van der Waals surface area contributed by atoms with E-state index in [2.05, 4.69) is 15.5 Å². The molecule has 10 heteroatoms. The van der Waals surface area contributed by atoms with Crippen LogP contribution in [0.5, 0.6) is 0 Å². The number of carbonyl (C=O) groups is 2. The van der Waals surface area contributed by atoms with Crippen molar-refractivity contribution < 1.29 is 19.4 Å². The monoisotopic (exact) mass is 520 g/mol. The van der Waals surface area contributed by atoms with E-state index in [4.69, 9.17) is 27.9 Å². The molecule has 8 nitrogen and oxygen atoms in total. The summed E-state index contributed by atoms with van der Waals surface area (Å²) in [6.07, 6.45) is -0.980. The Balaban J connectivity index is 1.35. The summed E-state index contributed by atoms with van der Waals surface area (Å²) < 4.78 is 5.85. The van der Waals surface area contributed by atoms with Crippen LogP contribution in [0.4, 0.5) is 5.69 Å². The molecule has 0 aromatic heterocycles. The van der Waals surface area contributed by atoms with Crippen LogP contribution in [-0.4, -0.2) is 66.5 Å². The molecule has 0 bridgehead atoms. The highest BCUT2D eigenvalue weighted by molar-refractivity contribution is 6.35. The van der Waals surface area contributed by atoms with Crippen LogP contribution in [0.2, 0.25) is 10.0 Å². The van der Waals surface area contributed by atoms with E-state index in [1.165, 1.54) is 0 Å². The topological polar surface area (TPSA) is 94.1 Å². The molecule has 0 radical (unpaired) electrons. The maximum atomic E-state index is 13.3. The number of benzene rings is 2. The third-order valence-electron chi connectivity index (χ3n) is 6.46. The van der Waals surface area contributed by atoms with Crippen LogP contribution in [-0.2, 0) is 20.9 Å². The molecular weight excluding hydrogens is 491 g/mol. The fourth-order valence-electron chi connectivity index (χ4n) is 4.69. The van der Waals surface area contributed by atoms with Crippen molar-refractivity contribution in [1.82, 2.24) is 15.5 Å². The quantitative estimate of drug-likeness (QED) is 0.495. The highest BCUT2D eigenvalue weighted by Gasteiger charge is 2.48. The number of aliphatic hydroxyl groups is 1. The lowest BCUT2D eigenvalue weighted by Gasteiger charge is -2.38. The molecule has 4 rings (SSSR count). The lowest BCUT2D eigenvalue weighted by molar-refractivity contribution is -0.137. The van der Waals surface area contributed by atoms with E-state index >= 15 is 0 Å². The molecule has 2 saturated heterocycles. The van der Waals surface area contributed by atoms with Gasteiger partial charge in [-0.25, -0.2) is 0 Å². The number of aliphatic hydroxyl groups excluding tert-OH is 1. The maximum Gasteiger partial charge on any atom is 0.245 e. The fourth-order valence-corrected chi connectivity index (χ4v) is 5.20. The van der Waals surface area contributed by atoms with Gasteiger partial charge in [-0.15, -0.1) is 0 Å². The molecule has 2 fully saturated rings. The zero-order valence-corrected chi connectivity index (χ0v) is 21.1. The second-order valence-electron chi connectivity index (χ2n) is 9.13. The molecule has 2 aromatic carbocycles. The van der Waals surface area contributed by atoms with Crippen LogP contribution in [0.1, 0.15) is 18.9 Å². The molecule has 2 aromatic rings. The summed E-state index contributed by atoms with van der Waals surface area (Å²) >= 11 is 12.3. The van der Waals surface area contributed by atoms with Crippen molar-refractivity contribution in [3.8, 4) is 0 Å². The van der Waals surface area contributed by atoms with E-state index in [0.29, 0.717) is 42.8 Å². The third-order valence-corrected chi connectivity index (χ3v) is 6.89. The molecule has 0 aliphatic carbocycles. The number of carbonyl (C=O) groups excluding carboxylic acids is 2. The van der Waals surface area contributed by atoms with Crippen molar-refractivity contribution in [3.05, 3.63) is 64.1 Å². The van der Waals surface area contributed by atoms with Gasteiger partial charge >= 0.3 is 0 Å². The second-order valence-corrected chi connectivity index (χ2v) is 10.00. The number of hydrogen-bond acceptors (Lipinski definition) is 6. The van der Waals surface area contributed by atoms with Gasteiger partial charge in [-0.2, -0.15) is 0 Å². The minimum Gasteiger partial charge on any atom is -0.374 e. The number of amides is 2. The van der Waals surface area contributed by atoms with Crippen LogP contribution in [0.25, 0.3) is 0 Å². The number of halogens is 2. The number of hydrogen-bond donors (Lipinski definition) is 3. The lowest BCUT2D eigenvalue weighted by atomic mass is 9.87. The fraction of sp³-hybridized carbons (Fsp3) is 0.440. The minimum atomic E-state index is -1.19. The van der Waals surface area contributed by atoms with Crippen molar-refractivity contribution in [1.29, 1.82) is 0 Å². The van der Waals surface area contributed by atoms with Gasteiger partial charge in [0.05, 0.1) is 13.2 Å². The van der Waals surface area contributed by atoms with Gasteiger partial charge in [0.1, 0.15) is 5.54 Å². The molecule has 2 heterocycles. The van der Waals surface area contributed by atoms with Crippen LogP contribution < -0.4 is 15.5 Å². The Morgan fingerprint density at radius 3 is 2.40 bits per heavy atom. The van der Waals surface area contributed by atoms with E-state index in [0.717, 1.165) is 11.3 Å². The predicted octanol–water partition coefficient (Wildman–Crippen LogP) is 2.62. The van der Waals surface area contributed by atoms with E-state index in [1.54, 1.807) is 6.07 Å². The van der Waals surface area contributed by atoms with Gasteiger partial charge in [-0.1, -0.05) is 60.5 Å². The second kappa shape index (κ2) is 11.1. The largest absolute Gasteiger partial charge is 0.374 e. The summed E-state index contributed by atoms with van der Waals surface area (Å²) in [7, 11) is 0. The molecule has 188 valence electrons. The van der Waals surface area contributed by atoms with E-state index in [-0.39, 0.29) is 24.8 Å². The highest BCUT2D eigenvalue weighted by Crippen LogP contribution is 2.28. The lowest BCUT2D eigenvalue weighted by Crippen LogP contribution is -2.55. The molecular formula is C25H30Cl2N4O4. The molecule has 0 saturated carbocycles. The van der Waals surface area contributed by atoms with Crippen LogP contribution in [0.3, 0.4) is 0 Å². The first-order chi connectivity index (χ1) is 16.8. The number of ether oxygens (including phenoxy) is 1. The molecule has 3 unspecified atom stereocenters. The highest BCUT2D eigenvalue weighted by atomic mass is 35.5. The smallest absolute Gasteiger partial charge is 0.245 e. The first kappa shape index (κ1) is 25.7. The van der Waals surface area contributed by atoms with E-state index < -0.39 is 17.8 Å². The Morgan fingerprint density at radius 1 is 1.14 bits per heavy atom. The predicted molar refractivity (Wildman–Crippen MR) is 135 cm³/mol. The van der Waals surface area contributed by atoms with Gasteiger partial charge < -0.3 is 25.0 Å². The molecule has 3 N–H and O–H groups in total. The summed E-state index contributed by atoms with van der Waals surface area (Å²) in [5, 5.41) is 16.5. The molecule has 2 aliphatic heterocycles. The number of piperazine rings is 1. The SMILES string of the molecule is CC(CC1(COCc2ccccc2)NC(O)NC1=O)C(=O)N1CCN(c2cc(Cl)cc(Cl)c2)CC1. The first-order valence-electron chi connectivity index (χ1n) is 11.6. The van der Waals surface area contributed by atoms with E-state index in [9.17, 15) is 14.7 Å². The average Bonchev–Trinajstić information content (AvgIpc) is 3.11. The number of nitrogens with one attached hydrogen (secondary N) is 2. The van der Waals surface area contributed by atoms with Gasteiger partial charge in [0.15, 0.2) is 6.35 Å². The van der Waals surface area contributed by atoms with Gasteiger partial charge in [0.25, 0.3) is 0 Å². The average molecular weight is 521 g/mol. The standard InChI is InChI=1S/C25H30Cl2N4O4/c1-17(22(32)31-9-7-30(8-10-31)21-12-19(26)11-20(27)13-21)14-25(23(33)28-24(34)29-25)16-35-15-18-5-3-2-4-6-18/h2-6,11-13,17,24,29,34H,7-10,14-16H2,1H3,(H,28,33). The summed E-state index contributed by atoms with van der Waals surface area (Å²) in [5.74, 6) is -0.862. The third kappa shape index (κ3) is 6.26. The van der Waals surface area contributed by atoms with Gasteiger partial charge in [-0.05, 0) is 30.2 Å². The van der Waals surface area contributed by atoms with Crippen molar-refractivity contribution in [3.63, 3.8) is 0 Å². The molecule has 2 amide bonds. The van der Waals surface area contributed by atoms with Crippen LogP contribution in [0, 0.1) is 5.92 Å². The molecule has 35 heavy (non-hydrogen) atoms. The van der Waals surface area contributed by atoms with Gasteiger partial charge in [0.2, 0.25) is 11.8 Å². The molecule has 2 aliphatic rings. The maximum absolute atomic E-state index is 13.3. The minimum absolute atomic E-state index is 0.0334. The molecule has 3 atom stereocenters. The number of anilines is 1. The van der Waals surface area contributed by atoms with Crippen molar-refractivity contribution >= 4 is 40.7 Å². The first-order valence-corrected chi connectivity index (χ1v) is 12.4. The van der Waals surface area contributed by atoms with Crippen LogP contribution >= 0.6 is 23.2 Å². The number of rotatable bonds is 8. The van der Waals surface area contributed by atoms with E-state index in [1.807, 2.05) is 54.3 Å². The normalized spacial score (nSPS) is 23.3. The van der Waals surface area contributed by atoms with Crippen molar-refractivity contribution in [2.45, 2.75) is 31.8 Å². The summed E-state index contributed by atoms with van der Waals surface area (Å²) in [6.45, 7) is 4.57. The van der Waals surface area contributed by atoms with Crippen molar-refractivity contribution in [2.75, 3.05) is 37.7 Å². The summed E-state index contributed by atoms with van der Waals surface area (Å²) in [4.78, 5) is 30.0. The Kier molecular flexibility index (Phi) is 8.19.